The third-order valence-corrected chi connectivity index (χ3v) is 4.35. The highest BCUT2D eigenvalue weighted by Crippen LogP contribution is 2.39. The molecule has 0 radical (unpaired) electrons. The van der Waals surface area contributed by atoms with E-state index in [0.29, 0.717) is 18.3 Å². The number of hydrogen-bond donors (Lipinski definition) is 1. The first kappa shape index (κ1) is 11.9. The summed E-state index contributed by atoms with van der Waals surface area (Å²) in [5, 5.41) is 9.44. The molecule has 0 saturated heterocycles. The van der Waals surface area contributed by atoms with Crippen molar-refractivity contribution in [3.05, 3.63) is 11.4 Å². The lowest BCUT2D eigenvalue weighted by molar-refractivity contribution is 0.0674. The van der Waals surface area contributed by atoms with Crippen LogP contribution in [0.25, 0.3) is 4.85 Å². The highest BCUT2D eigenvalue weighted by molar-refractivity contribution is 4.94. The molecule has 0 aromatic heterocycles. The van der Waals surface area contributed by atoms with E-state index >= 15 is 0 Å². The van der Waals surface area contributed by atoms with Gasteiger partial charge in [-0.2, -0.15) is 0 Å². The SMILES string of the molecule is [C-]#[N+]C1CCC(C2CCC(O)CC2)CC1F. The molecule has 2 saturated carbocycles. The number of hydrogen-bond acceptors (Lipinski definition) is 1. The van der Waals surface area contributed by atoms with Crippen molar-refractivity contribution in [1.82, 2.24) is 0 Å². The van der Waals surface area contributed by atoms with Crippen molar-refractivity contribution in [2.75, 3.05) is 0 Å². The van der Waals surface area contributed by atoms with E-state index in [-0.39, 0.29) is 12.1 Å². The first-order chi connectivity index (χ1) is 7.70. The third kappa shape index (κ3) is 2.55. The van der Waals surface area contributed by atoms with Gasteiger partial charge in [0.1, 0.15) is 0 Å². The summed E-state index contributed by atoms with van der Waals surface area (Å²) in [4.78, 5) is 3.36. The van der Waals surface area contributed by atoms with Crippen LogP contribution in [0.1, 0.15) is 44.9 Å². The summed E-state index contributed by atoms with van der Waals surface area (Å²) < 4.78 is 13.7. The van der Waals surface area contributed by atoms with E-state index in [9.17, 15) is 9.50 Å². The molecule has 1 N–H and O–H groups in total. The van der Waals surface area contributed by atoms with E-state index in [1.807, 2.05) is 0 Å². The van der Waals surface area contributed by atoms with E-state index in [4.69, 9.17) is 6.57 Å². The number of alkyl halides is 1. The topological polar surface area (TPSA) is 24.6 Å². The van der Waals surface area contributed by atoms with Crippen LogP contribution in [0, 0.1) is 18.4 Å². The maximum atomic E-state index is 13.7. The molecule has 0 spiro atoms. The Kier molecular flexibility index (Phi) is 3.81. The van der Waals surface area contributed by atoms with Crippen LogP contribution in [0.5, 0.6) is 0 Å². The van der Waals surface area contributed by atoms with Gasteiger partial charge < -0.3 is 9.95 Å². The lowest BCUT2D eigenvalue weighted by atomic mass is 9.71. The van der Waals surface area contributed by atoms with Crippen molar-refractivity contribution in [3.63, 3.8) is 0 Å². The Morgan fingerprint density at radius 2 is 1.62 bits per heavy atom. The Balaban J connectivity index is 1.86. The molecule has 0 amide bonds. The number of aliphatic hydroxyl groups excluding tert-OH is 1. The van der Waals surface area contributed by atoms with Gasteiger partial charge in [0.05, 0.1) is 6.10 Å². The fraction of sp³-hybridized carbons (Fsp3) is 0.923. The molecule has 3 atom stereocenters. The van der Waals surface area contributed by atoms with Gasteiger partial charge in [-0.1, -0.05) is 0 Å². The molecule has 0 aliphatic heterocycles. The predicted molar refractivity (Wildman–Crippen MR) is 60.6 cm³/mol. The van der Waals surface area contributed by atoms with Gasteiger partial charge in [0.25, 0.3) is 6.04 Å². The minimum atomic E-state index is -0.914. The maximum Gasteiger partial charge on any atom is 0.254 e. The van der Waals surface area contributed by atoms with Crippen LogP contribution >= 0.6 is 0 Å². The van der Waals surface area contributed by atoms with Crippen molar-refractivity contribution >= 4 is 0 Å². The minimum Gasteiger partial charge on any atom is -0.393 e. The van der Waals surface area contributed by atoms with Crippen LogP contribution < -0.4 is 0 Å². The fourth-order valence-corrected chi connectivity index (χ4v) is 3.28. The molecule has 2 aliphatic rings. The summed E-state index contributed by atoms with van der Waals surface area (Å²) in [5.41, 5.74) is 0. The molecular formula is C13H20FNO. The van der Waals surface area contributed by atoms with Crippen LogP contribution in [0.4, 0.5) is 4.39 Å². The second-order valence-electron chi connectivity index (χ2n) is 5.35. The van der Waals surface area contributed by atoms with Gasteiger partial charge in [-0.3, -0.25) is 0 Å². The number of nitrogens with zero attached hydrogens (tertiary/aromatic N) is 1. The Bertz CT molecular complexity index is 268. The minimum absolute atomic E-state index is 0.128. The zero-order valence-electron chi connectivity index (χ0n) is 9.61. The predicted octanol–water partition coefficient (Wildman–Crippen LogP) is 2.96. The van der Waals surface area contributed by atoms with E-state index in [1.54, 1.807) is 0 Å². The molecule has 0 bridgehead atoms. The molecule has 0 aromatic rings. The molecule has 2 aliphatic carbocycles. The van der Waals surface area contributed by atoms with Crippen molar-refractivity contribution in [2.45, 2.75) is 63.3 Å². The van der Waals surface area contributed by atoms with Crippen LogP contribution in [0.2, 0.25) is 0 Å². The summed E-state index contributed by atoms with van der Waals surface area (Å²) in [6, 6.07) is -0.384. The molecule has 16 heavy (non-hydrogen) atoms. The zero-order valence-corrected chi connectivity index (χ0v) is 9.61. The van der Waals surface area contributed by atoms with Gasteiger partial charge in [-0.05, 0) is 50.4 Å². The lowest BCUT2D eigenvalue weighted by Crippen LogP contribution is -2.33. The summed E-state index contributed by atoms with van der Waals surface area (Å²) in [7, 11) is 0. The average Bonchev–Trinajstić information content (AvgIpc) is 2.30. The molecule has 0 aromatic carbocycles. The van der Waals surface area contributed by atoms with E-state index in [1.165, 1.54) is 0 Å². The van der Waals surface area contributed by atoms with Crippen molar-refractivity contribution in [3.8, 4) is 0 Å². The van der Waals surface area contributed by atoms with Gasteiger partial charge in [-0.25, -0.2) is 11.0 Å². The van der Waals surface area contributed by atoms with Crippen molar-refractivity contribution in [1.29, 1.82) is 0 Å². The molecule has 0 heterocycles. The summed E-state index contributed by atoms with van der Waals surface area (Å²) in [6.07, 6.45) is 5.12. The first-order valence-electron chi connectivity index (χ1n) is 6.39. The van der Waals surface area contributed by atoms with Gasteiger partial charge in [0.15, 0.2) is 6.17 Å². The molecule has 3 unspecified atom stereocenters. The van der Waals surface area contributed by atoms with Crippen molar-refractivity contribution < 1.29 is 9.50 Å². The molecule has 3 heteroatoms. The van der Waals surface area contributed by atoms with Crippen molar-refractivity contribution in [2.24, 2.45) is 11.8 Å². The lowest BCUT2D eigenvalue weighted by Gasteiger charge is -2.35. The average molecular weight is 225 g/mol. The largest absolute Gasteiger partial charge is 0.393 e. The second kappa shape index (κ2) is 5.14. The van der Waals surface area contributed by atoms with Gasteiger partial charge in [0.2, 0.25) is 0 Å². The third-order valence-electron chi connectivity index (χ3n) is 4.35. The maximum absolute atomic E-state index is 13.7. The van der Waals surface area contributed by atoms with Gasteiger partial charge >= 0.3 is 0 Å². The number of halogens is 1. The Morgan fingerprint density at radius 3 is 2.19 bits per heavy atom. The summed E-state index contributed by atoms with van der Waals surface area (Å²) >= 11 is 0. The van der Waals surface area contributed by atoms with Crippen LogP contribution in [-0.2, 0) is 0 Å². The smallest absolute Gasteiger partial charge is 0.254 e. The standard InChI is InChI=1S/C13H20FNO/c1-15-13-7-4-10(8-12(13)14)9-2-5-11(16)6-3-9/h9-13,16H,2-8H2. The second-order valence-corrected chi connectivity index (χ2v) is 5.35. The molecule has 2 rings (SSSR count). The fourth-order valence-electron chi connectivity index (χ4n) is 3.28. The number of aliphatic hydroxyl groups is 1. The Labute approximate surface area is 96.7 Å². The summed E-state index contributed by atoms with van der Waals surface area (Å²) in [5.74, 6) is 1.05. The van der Waals surface area contributed by atoms with E-state index < -0.39 is 6.17 Å². The van der Waals surface area contributed by atoms with E-state index in [0.717, 1.165) is 38.5 Å². The van der Waals surface area contributed by atoms with E-state index in [2.05, 4.69) is 4.85 Å². The highest BCUT2D eigenvalue weighted by Gasteiger charge is 2.38. The Morgan fingerprint density at radius 1 is 1.00 bits per heavy atom. The highest BCUT2D eigenvalue weighted by atomic mass is 19.1. The zero-order chi connectivity index (χ0) is 11.5. The molecule has 2 nitrogen and oxygen atoms in total. The van der Waals surface area contributed by atoms with Gasteiger partial charge in [0, 0.05) is 6.42 Å². The quantitative estimate of drug-likeness (QED) is 0.682. The molecule has 90 valence electrons. The summed E-state index contributed by atoms with van der Waals surface area (Å²) in [6.45, 7) is 6.92. The van der Waals surface area contributed by atoms with Gasteiger partial charge in [-0.15, -0.1) is 0 Å². The van der Waals surface area contributed by atoms with Crippen LogP contribution in [-0.4, -0.2) is 23.4 Å². The first-order valence-corrected chi connectivity index (χ1v) is 6.39. The number of rotatable bonds is 1. The Hall–Kier alpha value is -0.620. The monoisotopic (exact) mass is 225 g/mol. The van der Waals surface area contributed by atoms with Crippen LogP contribution in [0.15, 0.2) is 0 Å². The normalized spacial score (nSPS) is 44.9. The molecular weight excluding hydrogens is 205 g/mol. The van der Waals surface area contributed by atoms with Crippen LogP contribution in [0.3, 0.4) is 0 Å². The molecule has 2 fully saturated rings.